The first kappa shape index (κ1) is 23.4. The summed E-state index contributed by atoms with van der Waals surface area (Å²) in [6, 6.07) is 1.37. The average molecular weight is 411 g/mol. The van der Waals surface area contributed by atoms with E-state index in [1.54, 1.807) is 0 Å². The van der Waals surface area contributed by atoms with Crippen LogP contribution in [0.3, 0.4) is 0 Å². The second kappa shape index (κ2) is 15.4. The zero-order valence-corrected chi connectivity index (χ0v) is 19.4. The van der Waals surface area contributed by atoms with Crippen LogP contribution in [0.25, 0.3) is 0 Å². The van der Waals surface area contributed by atoms with E-state index in [4.69, 9.17) is 0 Å². The van der Waals surface area contributed by atoms with Crippen LogP contribution >= 0.6 is 47.0 Å². The maximum absolute atomic E-state index is 2.66. The SMILES string of the molecule is CC(C)N1CCSCCSCCN(C(C)C)CCSCCSCC1. The fourth-order valence-corrected chi connectivity index (χ4v) is 6.78. The van der Waals surface area contributed by atoms with Crippen LogP contribution in [0.4, 0.5) is 0 Å². The number of nitrogens with zero attached hydrogens (tertiary/aromatic N) is 2. The van der Waals surface area contributed by atoms with Gasteiger partial charge in [-0.2, -0.15) is 47.0 Å². The van der Waals surface area contributed by atoms with Crippen LogP contribution in [0.15, 0.2) is 0 Å². The first-order chi connectivity index (χ1) is 11.6. The van der Waals surface area contributed by atoms with Gasteiger partial charge in [-0.25, -0.2) is 0 Å². The van der Waals surface area contributed by atoms with E-state index in [1.165, 1.54) is 72.2 Å². The standard InChI is InChI=1S/C18H38N2S4/c1-17(2)19-5-9-21-13-15-23-11-7-20(18(3)4)8-12-24-16-14-22-10-6-19/h17-18H,5-16H2,1-4H3. The van der Waals surface area contributed by atoms with Gasteiger partial charge in [0.15, 0.2) is 0 Å². The molecule has 1 fully saturated rings. The molecule has 0 aromatic heterocycles. The summed E-state index contributed by atoms with van der Waals surface area (Å²) in [6.45, 7) is 14.4. The third-order valence-electron chi connectivity index (χ3n) is 4.30. The molecule has 0 aromatic carbocycles. The van der Waals surface area contributed by atoms with Crippen molar-refractivity contribution in [2.75, 3.05) is 72.2 Å². The van der Waals surface area contributed by atoms with Crippen LogP contribution in [0, 0.1) is 0 Å². The molecule has 0 saturated carbocycles. The summed E-state index contributed by atoms with van der Waals surface area (Å²) >= 11 is 8.55. The molecule has 0 radical (unpaired) electrons. The summed E-state index contributed by atoms with van der Waals surface area (Å²) in [5.41, 5.74) is 0. The second-order valence-corrected chi connectivity index (χ2v) is 11.6. The molecule has 6 heteroatoms. The van der Waals surface area contributed by atoms with Gasteiger partial charge in [-0.15, -0.1) is 0 Å². The maximum atomic E-state index is 2.66. The van der Waals surface area contributed by atoms with Gasteiger partial charge in [0.05, 0.1) is 0 Å². The van der Waals surface area contributed by atoms with Gasteiger partial charge in [0.25, 0.3) is 0 Å². The van der Waals surface area contributed by atoms with Crippen LogP contribution < -0.4 is 0 Å². The molecule has 0 spiro atoms. The third kappa shape index (κ3) is 11.8. The van der Waals surface area contributed by atoms with Gasteiger partial charge in [0, 0.05) is 84.3 Å². The quantitative estimate of drug-likeness (QED) is 0.663. The van der Waals surface area contributed by atoms with E-state index in [2.05, 4.69) is 84.5 Å². The number of rotatable bonds is 2. The normalized spacial score (nSPS) is 23.2. The highest BCUT2D eigenvalue weighted by Crippen LogP contribution is 2.13. The Bertz CT molecular complexity index is 242. The molecule has 1 aliphatic heterocycles. The molecule has 1 heterocycles. The van der Waals surface area contributed by atoms with Crippen LogP contribution in [-0.4, -0.2) is 94.1 Å². The predicted molar refractivity (Wildman–Crippen MR) is 123 cm³/mol. The van der Waals surface area contributed by atoms with Gasteiger partial charge in [-0.3, -0.25) is 9.80 Å². The summed E-state index contributed by atoms with van der Waals surface area (Å²) in [6.07, 6.45) is 0. The van der Waals surface area contributed by atoms with E-state index < -0.39 is 0 Å². The molecule has 0 unspecified atom stereocenters. The molecule has 24 heavy (non-hydrogen) atoms. The zero-order valence-electron chi connectivity index (χ0n) is 16.2. The van der Waals surface area contributed by atoms with Gasteiger partial charge in [-0.05, 0) is 27.7 Å². The van der Waals surface area contributed by atoms with Gasteiger partial charge in [-0.1, -0.05) is 0 Å². The number of hydrogen-bond donors (Lipinski definition) is 0. The Morgan fingerprint density at radius 3 is 0.917 bits per heavy atom. The van der Waals surface area contributed by atoms with Crippen LogP contribution in [-0.2, 0) is 0 Å². The lowest BCUT2D eigenvalue weighted by Crippen LogP contribution is -2.35. The zero-order chi connectivity index (χ0) is 17.6. The molecule has 0 aromatic rings. The summed E-state index contributed by atoms with van der Waals surface area (Å²) < 4.78 is 0. The second-order valence-electron chi connectivity index (χ2n) is 6.71. The highest BCUT2D eigenvalue weighted by molar-refractivity contribution is 8.03. The van der Waals surface area contributed by atoms with Crippen molar-refractivity contribution in [1.82, 2.24) is 9.80 Å². The van der Waals surface area contributed by atoms with Crippen molar-refractivity contribution in [2.45, 2.75) is 39.8 Å². The summed E-state index contributed by atoms with van der Waals surface area (Å²) in [7, 11) is 0. The lowest BCUT2D eigenvalue weighted by atomic mass is 10.3. The molecule has 0 atom stereocenters. The monoisotopic (exact) mass is 410 g/mol. The van der Waals surface area contributed by atoms with E-state index >= 15 is 0 Å². The first-order valence-corrected chi connectivity index (χ1v) is 14.0. The maximum Gasteiger partial charge on any atom is 0.00754 e. The highest BCUT2D eigenvalue weighted by Gasteiger charge is 2.10. The molecule has 0 aliphatic carbocycles. The Morgan fingerprint density at radius 1 is 0.458 bits per heavy atom. The lowest BCUT2D eigenvalue weighted by molar-refractivity contribution is 0.251. The Hall–Kier alpha value is 1.32. The van der Waals surface area contributed by atoms with Crippen molar-refractivity contribution in [2.24, 2.45) is 0 Å². The molecule has 0 N–H and O–H groups in total. The van der Waals surface area contributed by atoms with Crippen molar-refractivity contribution < 1.29 is 0 Å². The van der Waals surface area contributed by atoms with E-state index in [1.807, 2.05) is 0 Å². The Morgan fingerprint density at radius 2 is 0.708 bits per heavy atom. The van der Waals surface area contributed by atoms with Crippen molar-refractivity contribution in [3.63, 3.8) is 0 Å². The molecule has 1 aliphatic rings. The van der Waals surface area contributed by atoms with Gasteiger partial charge >= 0.3 is 0 Å². The smallest absolute Gasteiger partial charge is 0.00754 e. The molecule has 144 valence electrons. The molecular weight excluding hydrogens is 372 g/mol. The molecule has 2 nitrogen and oxygen atoms in total. The van der Waals surface area contributed by atoms with Crippen LogP contribution in [0.2, 0.25) is 0 Å². The Balaban J connectivity index is 2.35. The van der Waals surface area contributed by atoms with Gasteiger partial charge in [0.1, 0.15) is 0 Å². The molecular formula is C18H38N2S4. The number of hydrogen-bond acceptors (Lipinski definition) is 6. The fourth-order valence-electron chi connectivity index (χ4n) is 2.63. The lowest BCUT2D eigenvalue weighted by Gasteiger charge is -2.27. The van der Waals surface area contributed by atoms with Crippen molar-refractivity contribution in [3.05, 3.63) is 0 Å². The van der Waals surface area contributed by atoms with E-state index in [9.17, 15) is 0 Å². The minimum Gasteiger partial charge on any atom is -0.299 e. The van der Waals surface area contributed by atoms with Crippen molar-refractivity contribution >= 4 is 47.0 Å². The summed E-state index contributed by atoms with van der Waals surface area (Å²) in [5.74, 6) is 10.4. The molecule has 0 amide bonds. The van der Waals surface area contributed by atoms with E-state index in [-0.39, 0.29) is 0 Å². The summed E-state index contributed by atoms with van der Waals surface area (Å²) in [5, 5.41) is 0. The Kier molecular flexibility index (Phi) is 15.0. The van der Waals surface area contributed by atoms with E-state index in [0.29, 0.717) is 12.1 Å². The fraction of sp³-hybridized carbons (Fsp3) is 1.00. The topological polar surface area (TPSA) is 6.48 Å². The van der Waals surface area contributed by atoms with Crippen molar-refractivity contribution in [3.8, 4) is 0 Å². The molecule has 1 saturated heterocycles. The minimum atomic E-state index is 0.683. The van der Waals surface area contributed by atoms with E-state index in [0.717, 1.165) is 0 Å². The first-order valence-electron chi connectivity index (χ1n) is 9.40. The van der Waals surface area contributed by atoms with Crippen LogP contribution in [0.1, 0.15) is 27.7 Å². The minimum absolute atomic E-state index is 0.683. The largest absolute Gasteiger partial charge is 0.299 e. The molecule has 1 rings (SSSR count). The highest BCUT2D eigenvalue weighted by atomic mass is 32.2. The van der Waals surface area contributed by atoms with Gasteiger partial charge < -0.3 is 0 Å². The third-order valence-corrected chi connectivity index (χ3v) is 8.67. The predicted octanol–water partition coefficient (Wildman–Crippen LogP) is 4.35. The average Bonchev–Trinajstić information content (AvgIpc) is 2.54. The van der Waals surface area contributed by atoms with Crippen LogP contribution in [0.5, 0.6) is 0 Å². The number of thioether (sulfide) groups is 4. The molecule has 0 bridgehead atoms. The summed E-state index contributed by atoms with van der Waals surface area (Å²) in [4.78, 5) is 5.31. The Labute approximate surface area is 168 Å². The van der Waals surface area contributed by atoms with Gasteiger partial charge in [0.2, 0.25) is 0 Å². The van der Waals surface area contributed by atoms with Crippen molar-refractivity contribution in [1.29, 1.82) is 0 Å².